The molecule has 0 atom stereocenters. The zero-order valence-electron chi connectivity index (χ0n) is 9.73. The van der Waals surface area contributed by atoms with Gasteiger partial charge in [0.15, 0.2) is 0 Å². The van der Waals surface area contributed by atoms with Gasteiger partial charge < -0.3 is 5.11 Å². The number of aliphatic carboxylic acids is 1. The lowest BCUT2D eigenvalue weighted by Crippen LogP contribution is -1.99. The number of carboxylic acid groups (broad SMARTS) is 1. The molecular weight excluding hydrogens is 234 g/mol. The van der Waals surface area contributed by atoms with Crippen LogP contribution in [0, 0.1) is 13.8 Å². The third kappa shape index (κ3) is 2.71. The van der Waals surface area contributed by atoms with E-state index in [1.54, 1.807) is 11.3 Å². The minimum atomic E-state index is -0.812. The number of aryl methyl sites for hydroxylation is 2. The molecule has 0 aliphatic heterocycles. The van der Waals surface area contributed by atoms with Crippen LogP contribution in [0.5, 0.6) is 0 Å². The topological polar surface area (TPSA) is 50.2 Å². The van der Waals surface area contributed by atoms with Crippen molar-refractivity contribution in [1.82, 2.24) is 4.98 Å². The molecule has 2 rings (SSSR count). The maximum absolute atomic E-state index is 10.7. The second kappa shape index (κ2) is 4.67. The molecule has 0 radical (unpaired) electrons. The van der Waals surface area contributed by atoms with E-state index >= 15 is 0 Å². The Hall–Kier alpha value is -1.68. The number of hydrogen-bond acceptors (Lipinski definition) is 3. The van der Waals surface area contributed by atoms with Gasteiger partial charge in [0.2, 0.25) is 0 Å². The van der Waals surface area contributed by atoms with Crippen LogP contribution in [0.1, 0.15) is 15.4 Å². The molecule has 0 aliphatic rings. The van der Waals surface area contributed by atoms with Crippen molar-refractivity contribution in [3.05, 3.63) is 39.7 Å². The van der Waals surface area contributed by atoms with E-state index in [0.717, 1.165) is 26.7 Å². The van der Waals surface area contributed by atoms with E-state index in [0.29, 0.717) is 0 Å². The Balaban J connectivity index is 2.39. The zero-order valence-corrected chi connectivity index (χ0v) is 10.5. The predicted molar refractivity (Wildman–Crippen MR) is 68.4 cm³/mol. The molecule has 0 aliphatic carbocycles. The van der Waals surface area contributed by atoms with E-state index in [9.17, 15) is 4.79 Å². The summed E-state index contributed by atoms with van der Waals surface area (Å²) >= 11 is 1.66. The van der Waals surface area contributed by atoms with E-state index in [2.05, 4.69) is 4.98 Å². The molecule has 88 valence electrons. The molecule has 0 bridgehead atoms. The summed E-state index contributed by atoms with van der Waals surface area (Å²) in [5.41, 5.74) is 2.75. The average Bonchev–Trinajstić information content (AvgIpc) is 2.57. The van der Waals surface area contributed by atoms with Gasteiger partial charge in [0.25, 0.3) is 0 Å². The molecule has 0 fully saturated rings. The number of aromatic nitrogens is 1. The van der Waals surface area contributed by atoms with E-state index in [4.69, 9.17) is 5.11 Å². The maximum Gasteiger partial charge on any atom is 0.307 e. The van der Waals surface area contributed by atoms with Crippen LogP contribution in [-0.2, 0) is 11.2 Å². The van der Waals surface area contributed by atoms with Gasteiger partial charge >= 0.3 is 5.97 Å². The second-order valence-electron chi connectivity index (χ2n) is 3.91. The molecule has 1 N–H and O–H groups in total. The first-order chi connectivity index (χ1) is 8.06. The first-order valence-corrected chi connectivity index (χ1v) is 6.13. The van der Waals surface area contributed by atoms with Gasteiger partial charge in [-0.05, 0) is 25.5 Å². The van der Waals surface area contributed by atoms with E-state index in [-0.39, 0.29) is 6.42 Å². The van der Waals surface area contributed by atoms with Crippen LogP contribution < -0.4 is 0 Å². The quantitative estimate of drug-likeness (QED) is 0.906. The highest BCUT2D eigenvalue weighted by atomic mass is 32.1. The van der Waals surface area contributed by atoms with Crippen molar-refractivity contribution < 1.29 is 9.90 Å². The highest BCUT2D eigenvalue weighted by Crippen LogP contribution is 2.27. The van der Waals surface area contributed by atoms with Gasteiger partial charge in [-0.25, -0.2) is 4.98 Å². The van der Waals surface area contributed by atoms with Gasteiger partial charge in [-0.1, -0.05) is 18.2 Å². The molecule has 0 saturated heterocycles. The second-order valence-corrected chi connectivity index (χ2v) is 5.32. The molecule has 0 spiro atoms. The maximum atomic E-state index is 10.7. The lowest BCUT2D eigenvalue weighted by Gasteiger charge is -2.02. The number of nitrogens with zero attached hydrogens (tertiary/aromatic N) is 1. The SMILES string of the molecule is Cc1nc(-c2cccc(CC(=O)O)c2)c(C)s1. The smallest absolute Gasteiger partial charge is 0.307 e. The summed E-state index contributed by atoms with van der Waals surface area (Å²) in [5.74, 6) is -0.812. The lowest BCUT2D eigenvalue weighted by molar-refractivity contribution is -0.136. The molecule has 0 saturated carbocycles. The number of carboxylic acids is 1. The van der Waals surface area contributed by atoms with Crippen molar-refractivity contribution in [2.75, 3.05) is 0 Å². The average molecular weight is 247 g/mol. The van der Waals surface area contributed by atoms with Gasteiger partial charge in [0.1, 0.15) is 0 Å². The zero-order chi connectivity index (χ0) is 12.4. The van der Waals surface area contributed by atoms with Gasteiger partial charge in [0, 0.05) is 10.4 Å². The van der Waals surface area contributed by atoms with Crippen molar-refractivity contribution in [3.8, 4) is 11.3 Å². The number of rotatable bonds is 3. The number of hydrogen-bond donors (Lipinski definition) is 1. The minimum Gasteiger partial charge on any atom is -0.481 e. The van der Waals surface area contributed by atoms with E-state index in [1.807, 2.05) is 38.1 Å². The molecule has 1 aromatic carbocycles. The van der Waals surface area contributed by atoms with Crippen molar-refractivity contribution in [2.45, 2.75) is 20.3 Å². The molecule has 3 nitrogen and oxygen atoms in total. The van der Waals surface area contributed by atoms with Gasteiger partial charge in [-0.3, -0.25) is 4.79 Å². The summed E-state index contributed by atoms with van der Waals surface area (Å²) in [6.45, 7) is 4.01. The van der Waals surface area contributed by atoms with Crippen LogP contribution in [-0.4, -0.2) is 16.1 Å². The van der Waals surface area contributed by atoms with Gasteiger partial charge in [-0.15, -0.1) is 11.3 Å². The number of carbonyl (C=O) groups is 1. The fourth-order valence-corrected chi connectivity index (χ4v) is 2.64. The Morgan fingerprint density at radius 2 is 2.18 bits per heavy atom. The summed E-state index contributed by atoms with van der Waals surface area (Å²) in [5, 5.41) is 9.80. The van der Waals surface area contributed by atoms with Crippen molar-refractivity contribution >= 4 is 17.3 Å². The van der Waals surface area contributed by atoms with Crippen LogP contribution in [0.15, 0.2) is 24.3 Å². The summed E-state index contributed by atoms with van der Waals surface area (Å²) in [6, 6.07) is 7.57. The molecule has 2 aromatic rings. The van der Waals surface area contributed by atoms with Crippen molar-refractivity contribution in [2.24, 2.45) is 0 Å². The fourth-order valence-electron chi connectivity index (χ4n) is 1.80. The molecule has 17 heavy (non-hydrogen) atoms. The van der Waals surface area contributed by atoms with Gasteiger partial charge in [-0.2, -0.15) is 0 Å². The van der Waals surface area contributed by atoms with Crippen LogP contribution >= 0.6 is 11.3 Å². The van der Waals surface area contributed by atoms with Crippen LogP contribution in [0.3, 0.4) is 0 Å². The Kier molecular flexibility index (Phi) is 3.24. The first kappa shape index (κ1) is 11.8. The first-order valence-electron chi connectivity index (χ1n) is 5.31. The van der Waals surface area contributed by atoms with Gasteiger partial charge in [0.05, 0.1) is 17.1 Å². The Bertz CT molecular complexity index is 560. The highest BCUT2D eigenvalue weighted by molar-refractivity contribution is 7.11. The predicted octanol–water partition coefficient (Wildman–Crippen LogP) is 3.05. The van der Waals surface area contributed by atoms with E-state index in [1.165, 1.54) is 0 Å². The fraction of sp³-hybridized carbons (Fsp3) is 0.231. The molecular formula is C13H13NO2S. The van der Waals surface area contributed by atoms with Crippen molar-refractivity contribution in [1.29, 1.82) is 0 Å². The minimum absolute atomic E-state index is 0.0516. The standard InChI is InChI=1S/C13H13NO2S/c1-8-13(14-9(2)17-8)11-5-3-4-10(6-11)7-12(15)16/h3-6H,7H2,1-2H3,(H,15,16). The molecule has 4 heteroatoms. The Morgan fingerprint density at radius 1 is 1.41 bits per heavy atom. The Labute approximate surface area is 104 Å². The third-order valence-electron chi connectivity index (χ3n) is 2.46. The van der Waals surface area contributed by atoms with Crippen LogP contribution in [0.25, 0.3) is 11.3 Å². The summed E-state index contributed by atoms with van der Waals surface area (Å²) in [4.78, 5) is 16.3. The third-order valence-corrected chi connectivity index (χ3v) is 3.35. The normalized spacial score (nSPS) is 10.5. The molecule has 0 unspecified atom stereocenters. The number of thiazole rings is 1. The molecule has 0 amide bonds. The number of benzene rings is 1. The molecule has 1 aromatic heterocycles. The summed E-state index contributed by atoms with van der Waals surface area (Å²) < 4.78 is 0. The highest BCUT2D eigenvalue weighted by Gasteiger charge is 2.08. The summed E-state index contributed by atoms with van der Waals surface area (Å²) in [7, 11) is 0. The monoisotopic (exact) mass is 247 g/mol. The summed E-state index contributed by atoms with van der Waals surface area (Å²) in [6.07, 6.45) is 0.0516. The van der Waals surface area contributed by atoms with E-state index < -0.39 is 5.97 Å². The molecule has 1 heterocycles. The lowest BCUT2D eigenvalue weighted by atomic mass is 10.1. The largest absolute Gasteiger partial charge is 0.481 e. The Morgan fingerprint density at radius 3 is 2.76 bits per heavy atom. The van der Waals surface area contributed by atoms with Crippen LogP contribution in [0.4, 0.5) is 0 Å². The van der Waals surface area contributed by atoms with Crippen molar-refractivity contribution in [3.63, 3.8) is 0 Å². The van der Waals surface area contributed by atoms with Crippen LogP contribution in [0.2, 0.25) is 0 Å².